The summed E-state index contributed by atoms with van der Waals surface area (Å²) < 4.78 is 52.7. The van der Waals surface area contributed by atoms with Gasteiger partial charge in [-0.05, 0) is 57.8 Å². The number of ether oxygens (including phenoxy) is 1. The molecule has 0 bridgehead atoms. The fraction of sp³-hybridized carbons (Fsp3) is 0.571. The summed E-state index contributed by atoms with van der Waals surface area (Å²) in [6.07, 6.45) is -4.72. The van der Waals surface area contributed by atoms with Crippen LogP contribution < -0.4 is 10.2 Å². The molecule has 7 heteroatoms. The zero-order valence-corrected chi connectivity index (χ0v) is 12.7. The Hall–Kier alpha value is -1.21. The summed E-state index contributed by atoms with van der Waals surface area (Å²) in [4.78, 5) is 0. The van der Waals surface area contributed by atoms with Crippen molar-refractivity contribution in [3.05, 3.63) is 23.8 Å². The molecule has 0 radical (unpaired) electrons. The lowest BCUT2D eigenvalue weighted by Gasteiger charge is -2.32. The van der Waals surface area contributed by atoms with E-state index in [0.29, 0.717) is 11.0 Å². The Morgan fingerprint density at radius 3 is 2.00 bits per heavy atom. The smallest absolute Gasteiger partial charge is 0.406 e. The van der Waals surface area contributed by atoms with Crippen LogP contribution >= 0.6 is 0 Å². The number of hydrogen-bond acceptors (Lipinski definition) is 3. The summed E-state index contributed by atoms with van der Waals surface area (Å²) in [6, 6.07) is 4.34. The Bertz CT molecular complexity index is 525. The Kier molecular flexibility index (Phi) is 3.79. The van der Waals surface area contributed by atoms with Crippen LogP contribution in [0, 0.1) is 6.92 Å². The summed E-state index contributed by atoms with van der Waals surface area (Å²) in [5.74, 6) is -0.271. The normalized spacial score (nSPS) is 20.7. The molecular formula is C14H18BF3O3. The van der Waals surface area contributed by atoms with Crippen LogP contribution in [0.3, 0.4) is 0 Å². The maximum absolute atomic E-state index is 12.3. The molecule has 0 amide bonds. The molecule has 0 aliphatic carbocycles. The first-order chi connectivity index (χ1) is 9.40. The van der Waals surface area contributed by atoms with Gasteiger partial charge in [0.2, 0.25) is 0 Å². The van der Waals surface area contributed by atoms with Gasteiger partial charge in [-0.15, -0.1) is 13.2 Å². The van der Waals surface area contributed by atoms with Crippen LogP contribution in [0.25, 0.3) is 0 Å². The number of benzene rings is 1. The van der Waals surface area contributed by atoms with Gasteiger partial charge in [-0.1, -0.05) is 6.07 Å². The van der Waals surface area contributed by atoms with Gasteiger partial charge >= 0.3 is 13.5 Å². The van der Waals surface area contributed by atoms with Crippen LogP contribution in [0.2, 0.25) is 0 Å². The second-order valence-electron chi connectivity index (χ2n) is 6.22. The van der Waals surface area contributed by atoms with E-state index < -0.39 is 24.7 Å². The Labute approximate surface area is 122 Å². The van der Waals surface area contributed by atoms with Crippen LogP contribution in [0.1, 0.15) is 33.3 Å². The van der Waals surface area contributed by atoms with Crippen LogP contribution in [0.5, 0.6) is 5.75 Å². The van der Waals surface area contributed by atoms with Crippen molar-refractivity contribution in [1.82, 2.24) is 0 Å². The molecule has 0 spiro atoms. The highest BCUT2D eigenvalue weighted by Gasteiger charge is 2.51. The predicted octanol–water partition coefficient (Wildman–Crippen LogP) is 3.19. The first kappa shape index (κ1) is 16.2. The topological polar surface area (TPSA) is 27.7 Å². The van der Waals surface area contributed by atoms with E-state index >= 15 is 0 Å². The first-order valence-electron chi connectivity index (χ1n) is 6.63. The van der Waals surface area contributed by atoms with Crippen molar-refractivity contribution < 1.29 is 27.2 Å². The minimum Gasteiger partial charge on any atom is -0.406 e. The number of aryl methyl sites for hydroxylation is 1. The summed E-state index contributed by atoms with van der Waals surface area (Å²) in [6.45, 7) is 9.23. The van der Waals surface area contributed by atoms with Gasteiger partial charge in [-0.3, -0.25) is 0 Å². The number of rotatable bonds is 2. The monoisotopic (exact) mass is 302 g/mol. The van der Waals surface area contributed by atoms with E-state index in [9.17, 15) is 13.2 Å². The van der Waals surface area contributed by atoms with E-state index in [4.69, 9.17) is 9.31 Å². The molecule has 1 aromatic rings. The van der Waals surface area contributed by atoms with Gasteiger partial charge in [0.1, 0.15) is 5.75 Å². The molecule has 0 saturated carbocycles. The van der Waals surface area contributed by atoms with Crippen LogP contribution in [0.4, 0.5) is 13.2 Å². The SMILES string of the molecule is Cc1cc(OC(F)(F)F)cc(B2OC(C)(C)C(C)(C)O2)c1. The quantitative estimate of drug-likeness (QED) is 0.785. The fourth-order valence-corrected chi connectivity index (χ4v) is 2.08. The van der Waals surface area contributed by atoms with Crippen LogP contribution in [0.15, 0.2) is 18.2 Å². The molecule has 1 heterocycles. The highest BCUT2D eigenvalue weighted by Crippen LogP contribution is 2.36. The molecule has 0 unspecified atom stereocenters. The standard InChI is InChI=1S/C14H18BF3O3/c1-9-6-10(8-11(7-9)19-14(16,17)18)15-20-12(2,3)13(4,5)21-15/h6-8H,1-5H3. The van der Waals surface area contributed by atoms with Gasteiger partial charge in [0.25, 0.3) is 0 Å². The van der Waals surface area contributed by atoms with Crippen LogP contribution in [-0.4, -0.2) is 24.7 Å². The molecule has 21 heavy (non-hydrogen) atoms. The van der Waals surface area contributed by atoms with Gasteiger partial charge in [-0.25, -0.2) is 0 Å². The predicted molar refractivity (Wildman–Crippen MR) is 73.6 cm³/mol. The van der Waals surface area contributed by atoms with Crippen molar-refractivity contribution in [2.75, 3.05) is 0 Å². The molecule has 0 aromatic heterocycles. The number of alkyl halides is 3. The number of halogens is 3. The number of hydrogen-bond donors (Lipinski definition) is 0. The van der Waals surface area contributed by atoms with Gasteiger partial charge in [0.05, 0.1) is 11.2 Å². The summed E-state index contributed by atoms with van der Waals surface area (Å²) in [7, 11) is -0.717. The lowest BCUT2D eigenvalue weighted by atomic mass is 9.78. The molecule has 1 aromatic carbocycles. The van der Waals surface area contributed by atoms with Gasteiger partial charge in [0, 0.05) is 0 Å². The summed E-state index contributed by atoms with van der Waals surface area (Å²) in [5, 5.41) is 0. The maximum Gasteiger partial charge on any atom is 0.573 e. The molecular weight excluding hydrogens is 284 g/mol. The van der Waals surface area contributed by atoms with Crippen molar-refractivity contribution in [3.8, 4) is 5.75 Å². The highest BCUT2D eigenvalue weighted by molar-refractivity contribution is 6.62. The molecule has 116 valence electrons. The van der Waals surface area contributed by atoms with E-state index in [0.717, 1.165) is 0 Å². The third-order valence-corrected chi connectivity index (χ3v) is 3.83. The maximum atomic E-state index is 12.3. The van der Waals surface area contributed by atoms with E-state index in [-0.39, 0.29) is 5.75 Å². The molecule has 1 fully saturated rings. The Morgan fingerprint density at radius 2 is 1.52 bits per heavy atom. The molecule has 1 aliphatic heterocycles. The third kappa shape index (κ3) is 3.52. The second kappa shape index (κ2) is 4.92. The average Bonchev–Trinajstić information content (AvgIpc) is 2.44. The molecule has 0 atom stereocenters. The summed E-state index contributed by atoms with van der Waals surface area (Å²) >= 11 is 0. The van der Waals surface area contributed by atoms with Crippen molar-refractivity contribution in [1.29, 1.82) is 0 Å². The molecule has 1 aliphatic rings. The van der Waals surface area contributed by atoms with E-state index in [2.05, 4.69) is 4.74 Å². The van der Waals surface area contributed by atoms with Gasteiger partial charge < -0.3 is 14.0 Å². The van der Waals surface area contributed by atoms with Gasteiger partial charge in [-0.2, -0.15) is 0 Å². The van der Waals surface area contributed by atoms with Crippen molar-refractivity contribution >= 4 is 12.6 Å². The zero-order valence-electron chi connectivity index (χ0n) is 12.7. The lowest BCUT2D eigenvalue weighted by Crippen LogP contribution is -2.41. The van der Waals surface area contributed by atoms with E-state index in [1.807, 2.05) is 27.7 Å². The molecule has 3 nitrogen and oxygen atoms in total. The largest absolute Gasteiger partial charge is 0.573 e. The zero-order chi connectivity index (χ0) is 16.1. The van der Waals surface area contributed by atoms with Crippen molar-refractivity contribution in [2.45, 2.75) is 52.2 Å². The minimum atomic E-state index is -4.72. The summed E-state index contributed by atoms with van der Waals surface area (Å²) in [5.41, 5.74) is 0.0493. The minimum absolute atomic E-state index is 0.271. The van der Waals surface area contributed by atoms with Crippen LogP contribution in [-0.2, 0) is 9.31 Å². The average molecular weight is 302 g/mol. The fourth-order valence-electron chi connectivity index (χ4n) is 2.08. The van der Waals surface area contributed by atoms with Crippen molar-refractivity contribution in [3.63, 3.8) is 0 Å². The lowest BCUT2D eigenvalue weighted by molar-refractivity contribution is -0.274. The second-order valence-corrected chi connectivity index (χ2v) is 6.22. The highest BCUT2D eigenvalue weighted by atomic mass is 19.4. The first-order valence-corrected chi connectivity index (χ1v) is 6.63. The Morgan fingerprint density at radius 1 is 1.00 bits per heavy atom. The third-order valence-electron chi connectivity index (χ3n) is 3.83. The Balaban J connectivity index is 2.30. The van der Waals surface area contributed by atoms with E-state index in [1.165, 1.54) is 12.1 Å². The van der Waals surface area contributed by atoms with Gasteiger partial charge in [0.15, 0.2) is 0 Å². The van der Waals surface area contributed by atoms with Crippen molar-refractivity contribution in [2.24, 2.45) is 0 Å². The molecule has 1 saturated heterocycles. The molecule has 2 rings (SSSR count). The molecule has 0 N–H and O–H groups in total. The van der Waals surface area contributed by atoms with E-state index in [1.54, 1.807) is 13.0 Å².